The van der Waals surface area contributed by atoms with Crippen molar-refractivity contribution in [2.75, 3.05) is 0 Å². The van der Waals surface area contributed by atoms with Gasteiger partial charge in [0, 0.05) is 6.10 Å². The summed E-state index contributed by atoms with van der Waals surface area (Å²) in [5.41, 5.74) is 1.10. The highest BCUT2D eigenvalue weighted by atomic mass is 28.2. The van der Waals surface area contributed by atoms with E-state index in [2.05, 4.69) is 27.7 Å². The lowest BCUT2D eigenvalue weighted by atomic mass is 9.65. The number of hydrogen-bond acceptors (Lipinski definition) is 3. The minimum Gasteiger partial charge on any atom is -0.516 e. The van der Waals surface area contributed by atoms with Crippen molar-refractivity contribution in [2.24, 2.45) is 23.2 Å². The fraction of sp³-hybridized carbons (Fsp3) is 0.952. The molecule has 0 N–H and O–H groups in total. The monoisotopic (exact) mass is 396 g/mol. The van der Waals surface area contributed by atoms with Gasteiger partial charge in [-0.2, -0.15) is 0 Å². The summed E-state index contributed by atoms with van der Waals surface area (Å²) < 4.78 is 11.2. The Kier molecular flexibility index (Phi) is 10.7. The summed E-state index contributed by atoms with van der Waals surface area (Å²) in [6, 6.07) is 0.776. The first-order valence-electron chi connectivity index (χ1n) is 10.5. The third-order valence-corrected chi connectivity index (χ3v) is 7.81. The second kappa shape index (κ2) is 11.6. The van der Waals surface area contributed by atoms with Crippen LogP contribution in [0.25, 0.3) is 0 Å². The molecule has 150 valence electrons. The van der Waals surface area contributed by atoms with Crippen molar-refractivity contribution < 1.29 is 13.6 Å². The van der Waals surface area contributed by atoms with Crippen LogP contribution in [0.1, 0.15) is 87.0 Å². The van der Waals surface area contributed by atoms with E-state index in [0.29, 0.717) is 30.5 Å². The molecule has 0 aromatic heterocycles. The minimum absolute atomic E-state index is 0.0376. The van der Waals surface area contributed by atoms with Crippen molar-refractivity contribution in [3.05, 3.63) is 0 Å². The first kappa shape index (κ1) is 23.9. The van der Waals surface area contributed by atoms with Gasteiger partial charge in [-0.15, -0.1) is 0 Å². The number of carbonyl (C=O) groups is 1. The molecule has 0 aliphatic heterocycles. The molecule has 1 aliphatic carbocycles. The van der Waals surface area contributed by atoms with E-state index < -0.39 is 0 Å². The highest BCUT2D eigenvalue weighted by molar-refractivity contribution is 6.33. The summed E-state index contributed by atoms with van der Waals surface area (Å²) in [7, 11) is 0.721. The highest BCUT2D eigenvalue weighted by Crippen LogP contribution is 2.49. The molecular formula is C21H40O3Si2. The van der Waals surface area contributed by atoms with Crippen LogP contribution in [0.4, 0.5) is 0 Å². The molecule has 1 saturated carbocycles. The van der Waals surface area contributed by atoms with Crippen LogP contribution < -0.4 is 0 Å². The number of rotatable bonds is 11. The molecule has 4 radical (unpaired) electrons. The van der Waals surface area contributed by atoms with Gasteiger partial charge in [-0.1, -0.05) is 34.6 Å². The SMILES string of the molecule is CC(C)CC1(CC(C)C)CCC([Si]OC(=O)C(C)C[Si]OC(C)C)CC1. The molecule has 0 aromatic carbocycles. The molecule has 0 spiro atoms. The van der Waals surface area contributed by atoms with Crippen LogP contribution in [-0.4, -0.2) is 31.6 Å². The summed E-state index contributed by atoms with van der Waals surface area (Å²) in [5, 5.41) is 0. The zero-order chi connectivity index (χ0) is 19.7. The maximum Gasteiger partial charge on any atom is 0.318 e. The fourth-order valence-corrected chi connectivity index (χ4v) is 6.09. The Morgan fingerprint density at radius 3 is 2.00 bits per heavy atom. The van der Waals surface area contributed by atoms with Crippen molar-refractivity contribution in [2.45, 2.75) is 105 Å². The quantitative estimate of drug-likeness (QED) is 0.421. The fourth-order valence-electron chi connectivity index (χ4n) is 4.24. The second-order valence-electron chi connectivity index (χ2n) is 9.43. The Balaban J connectivity index is 2.37. The molecule has 0 heterocycles. The van der Waals surface area contributed by atoms with Gasteiger partial charge in [0.1, 0.15) is 0 Å². The van der Waals surface area contributed by atoms with Crippen LogP contribution in [0.15, 0.2) is 0 Å². The van der Waals surface area contributed by atoms with Crippen molar-refractivity contribution in [3.8, 4) is 0 Å². The lowest BCUT2D eigenvalue weighted by molar-refractivity contribution is -0.137. The van der Waals surface area contributed by atoms with Crippen molar-refractivity contribution in [3.63, 3.8) is 0 Å². The van der Waals surface area contributed by atoms with E-state index in [9.17, 15) is 4.79 Å². The molecule has 0 saturated heterocycles. The first-order valence-corrected chi connectivity index (χ1v) is 12.6. The van der Waals surface area contributed by atoms with Crippen molar-refractivity contribution in [1.29, 1.82) is 0 Å². The molecule has 1 atom stereocenters. The standard InChI is InChI=1S/C21H40O3Si2/c1-15(2)12-21(13-16(3)4)10-8-19(9-11-21)26-24-20(22)18(7)14-25-23-17(5)6/h15-19H,8-14H2,1-7H3. The summed E-state index contributed by atoms with van der Waals surface area (Å²) in [5.74, 6) is 1.44. The molecule has 26 heavy (non-hydrogen) atoms. The van der Waals surface area contributed by atoms with Crippen molar-refractivity contribution >= 4 is 25.5 Å². The Morgan fingerprint density at radius 1 is 1.00 bits per heavy atom. The third kappa shape index (κ3) is 9.18. The first-order chi connectivity index (χ1) is 12.1. The molecule has 1 rings (SSSR count). The summed E-state index contributed by atoms with van der Waals surface area (Å²) >= 11 is 0. The van der Waals surface area contributed by atoms with E-state index in [-0.39, 0.29) is 18.0 Å². The molecule has 1 fully saturated rings. The van der Waals surface area contributed by atoms with Crippen LogP contribution in [0, 0.1) is 23.2 Å². The van der Waals surface area contributed by atoms with E-state index >= 15 is 0 Å². The minimum atomic E-state index is -0.0517. The molecule has 1 aliphatic rings. The molecule has 5 heteroatoms. The van der Waals surface area contributed by atoms with Gasteiger partial charge in [-0.25, -0.2) is 0 Å². The van der Waals surface area contributed by atoms with Crippen LogP contribution >= 0.6 is 0 Å². The Morgan fingerprint density at radius 2 is 1.54 bits per heavy atom. The molecule has 0 aromatic rings. The Labute approximate surface area is 167 Å². The maximum absolute atomic E-state index is 12.2. The van der Waals surface area contributed by atoms with E-state index in [1.807, 2.05) is 20.8 Å². The largest absolute Gasteiger partial charge is 0.516 e. The summed E-state index contributed by atoms with van der Waals surface area (Å²) in [4.78, 5) is 12.2. The normalized spacial score (nSPS) is 19.3. The van der Waals surface area contributed by atoms with Gasteiger partial charge >= 0.3 is 9.76 Å². The van der Waals surface area contributed by atoms with Crippen LogP contribution in [-0.2, 0) is 13.6 Å². The Hall–Kier alpha value is -0.136. The summed E-state index contributed by atoms with van der Waals surface area (Å²) in [6.07, 6.45) is 7.96. The van der Waals surface area contributed by atoms with Crippen LogP contribution in [0.5, 0.6) is 0 Å². The topological polar surface area (TPSA) is 35.5 Å². The van der Waals surface area contributed by atoms with Crippen LogP contribution in [0.3, 0.4) is 0 Å². The van der Waals surface area contributed by atoms with Crippen LogP contribution in [0.2, 0.25) is 11.6 Å². The summed E-state index contributed by atoms with van der Waals surface area (Å²) in [6.45, 7) is 15.4. The third-order valence-electron chi connectivity index (χ3n) is 5.17. The van der Waals surface area contributed by atoms with Gasteiger partial charge in [0.05, 0.1) is 5.92 Å². The van der Waals surface area contributed by atoms with E-state index in [0.717, 1.165) is 17.9 Å². The number of hydrogen-bond donors (Lipinski definition) is 0. The van der Waals surface area contributed by atoms with Gasteiger partial charge < -0.3 is 8.85 Å². The smallest absolute Gasteiger partial charge is 0.318 e. The zero-order valence-corrected chi connectivity index (χ0v) is 20.1. The van der Waals surface area contributed by atoms with Gasteiger partial charge in [0.2, 0.25) is 9.76 Å². The average Bonchev–Trinajstić information content (AvgIpc) is 2.52. The predicted octanol–water partition coefficient (Wildman–Crippen LogP) is 5.69. The van der Waals surface area contributed by atoms with Crippen molar-refractivity contribution in [1.82, 2.24) is 0 Å². The van der Waals surface area contributed by atoms with E-state index in [4.69, 9.17) is 8.85 Å². The molecule has 3 nitrogen and oxygen atoms in total. The molecule has 0 amide bonds. The van der Waals surface area contributed by atoms with Gasteiger partial charge in [-0.3, -0.25) is 4.79 Å². The maximum atomic E-state index is 12.2. The molecular weight excluding hydrogens is 356 g/mol. The van der Waals surface area contributed by atoms with E-state index in [1.54, 1.807) is 0 Å². The average molecular weight is 397 g/mol. The lowest BCUT2D eigenvalue weighted by Crippen LogP contribution is -2.31. The van der Waals surface area contributed by atoms with Gasteiger partial charge in [0.25, 0.3) is 5.97 Å². The predicted molar refractivity (Wildman–Crippen MR) is 111 cm³/mol. The van der Waals surface area contributed by atoms with E-state index in [1.165, 1.54) is 38.5 Å². The molecule has 1 unspecified atom stereocenters. The van der Waals surface area contributed by atoms with Gasteiger partial charge in [0.15, 0.2) is 0 Å². The Bertz CT molecular complexity index is 390. The molecule has 0 bridgehead atoms. The zero-order valence-electron chi connectivity index (χ0n) is 18.1. The van der Waals surface area contributed by atoms with Gasteiger partial charge in [-0.05, 0) is 81.2 Å². The second-order valence-corrected chi connectivity index (χ2v) is 11.6. The number of carbonyl (C=O) groups excluding carboxylic acids is 1. The highest BCUT2D eigenvalue weighted by Gasteiger charge is 2.37. The lowest BCUT2D eigenvalue weighted by Gasteiger charge is -2.42.